The average Bonchev–Trinajstić information content (AvgIpc) is 2.78. The van der Waals surface area contributed by atoms with Gasteiger partial charge in [0.05, 0.1) is 0 Å². The first-order chi connectivity index (χ1) is 7.70. The lowest BCUT2D eigenvalue weighted by molar-refractivity contribution is 0.0716. The second-order valence-electron chi connectivity index (χ2n) is 4.20. The number of amides is 1. The average molecular weight is 223 g/mol. The van der Waals surface area contributed by atoms with E-state index in [-0.39, 0.29) is 11.9 Å². The quantitative estimate of drug-likeness (QED) is 0.760. The van der Waals surface area contributed by atoms with Gasteiger partial charge in [-0.15, -0.1) is 10.2 Å². The SMILES string of the molecule is CC(C)n1cnnc1C(=O)N1CCNCC1. The normalized spacial score (nSPS) is 16.8. The largest absolute Gasteiger partial charge is 0.333 e. The molecule has 1 aromatic rings. The molecule has 1 fully saturated rings. The molecule has 6 nitrogen and oxygen atoms in total. The van der Waals surface area contributed by atoms with Gasteiger partial charge in [-0.3, -0.25) is 4.79 Å². The van der Waals surface area contributed by atoms with Gasteiger partial charge in [-0.2, -0.15) is 0 Å². The van der Waals surface area contributed by atoms with Gasteiger partial charge in [0.1, 0.15) is 6.33 Å². The van der Waals surface area contributed by atoms with Crippen LogP contribution in [0.25, 0.3) is 0 Å². The summed E-state index contributed by atoms with van der Waals surface area (Å²) in [5.74, 6) is 0.421. The van der Waals surface area contributed by atoms with Crippen LogP contribution >= 0.6 is 0 Å². The lowest BCUT2D eigenvalue weighted by Crippen LogP contribution is -2.47. The summed E-state index contributed by atoms with van der Waals surface area (Å²) in [6.45, 7) is 7.20. The number of hydrogen-bond acceptors (Lipinski definition) is 4. The minimum Gasteiger partial charge on any atom is -0.333 e. The highest BCUT2D eigenvalue weighted by Crippen LogP contribution is 2.09. The molecular weight excluding hydrogens is 206 g/mol. The summed E-state index contributed by atoms with van der Waals surface area (Å²) < 4.78 is 1.81. The number of piperazine rings is 1. The van der Waals surface area contributed by atoms with Gasteiger partial charge in [0.25, 0.3) is 5.91 Å². The van der Waals surface area contributed by atoms with E-state index in [4.69, 9.17) is 0 Å². The summed E-state index contributed by atoms with van der Waals surface area (Å²) in [6, 6.07) is 0.205. The Hall–Kier alpha value is -1.43. The van der Waals surface area contributed by atoms with Crippen molar-refractivity contribution in [3.63, 3.8) is 0 Å². The minimum atomic E-state index is -0.0206. The van der Waals surface area contributed by atoms with Gasteiger partial charge in [-0.25, -0.2) is 0 Å². The van der Waals surface area contributed by atoms with Crippen molar-refractivity contribution in [3.8, 4) is 0 Å². The van der Waals surface area contributed by atoms with Crippen LogP contribution in [0.3, 0.4) is 0 Å². The van der Waals surface area contributed by atoms with Crippen LogP contribution in [0.4, 0.5) is 0 Å². The van der Waals surface area contributed by atoms with E-state index < -0.39 is 0 Å². The van der Waals surface area contributed by atoms with Crippen molar-refractivity contribution in [3.05, 3.63) is 12.2 Å². The van der Waals surface area contributed by atoms with E-state index in [1.807, 2.05) is 23.3 Å². The molecule has 1 amide bonds. The Morgan fingerprint density at radius 3 is 2.75 bits per heavy atom. The molecule has 16 heavy (non-hydrogen) atoms. The number of nitrogens with one attached hydrogen (secondary N) is 1. The van der Waals surface area contributed by atoms with Gasteiger partial charge < -0.3 is 14.8 Å². The minimum absolute atomic E-state index is 0.0206. The summed E-state index contributed by atoms with van der Waals surface area (Å²) in [5, 5.41) is 10.9. The monoisotopic (exact) mass is 223 g/mol. The molecule has 2 rings (SSSR count). The number of hydrogen-bond donors (Lipinski definition) is 1. The molecule has 0 aromatic carbocycles. The van der Waals surface area contributed by atoms with Crippen LogP contribution in [0.5, 0.6) is 0 Å². The molecular formula is C10H17N5O. The van der Waals surface area contributed by atoms with Crippen molar-refractivity contribution in [1.29, 1.82) is 0 Å². The molecule has 0 aliphatic carbocycles. The van der Waals surface area contributed by atoms with Gasteiger partial charge in [0.2, 0.25) is 5.82 Å². The molecule has 88 valence electrons. The summed E-state index contributed by atoms with van der Waals surface area (Å²) >= 11 is 0. The molecule has 0 bridgehead atoms. The second-order valence-corrected chi connectivity index (χ2v) is 4.20. The fourth-order valence-electron chi connectivity index (χ4n) is 1.78. The molecule has 1 aliphatic rings. The maximum atomic E-state index is 12.2. The van der Waals surface area contributed by atoms with Crippen LogP contribution in [-0.2, 0) is 0 Å². The number of rotatable bonds is 2. The molecule has 1 aromatic heterocycles. The zero-order valence-electron chi connectivity index (χ0n) is 9.68. The van der Waals surface area contributed by atoms with E-state index >= 15 is 0 Å². The van der Waals surface area contributed by atoms with Gasteiger partial charge >= 0.3 is 0 Å². The van der Waals surface area contributed by atoms with E-state index in [1.165, 1.54) is 0 Å². The summed E-state index contributed by atoms with van der Waals surface area (Å²) in [6.07, 6.45) is 1.61. The maximum Gasteiger partial charge on any atom is 0.291 e. The Morgan fingerprint density at radius 1 is 1.44 bits per heavy atom. The first-order valence-corrected chi connectivity index (χ1v) is 5.59. The number of aromatic nitrogens is 3. The van der Waals surface area contributed by atoms with E-state index in [0.717, 1.165) is 26.2 Å². The van der Waals surface area contributed by atoms with Crippen LogP contribution in [0.15, 0.2) is 6.33 Å². The zero-order chi connectivity index (χ0) is 11.5. The fraction of sp³-hybridized carbons (Fsp3) is 0.700. The number of carbonyl (C=O) groups excluding carboxylic acids is 1. The van der Waals surface area contributed by atoms with Crippen molar-refractivity contribution in [2.24, 2.45) is 0 Å². The van der Waals surface area contributed by atoms with Crippen molar-refractivity contribution in [1.82, 2.24) is 25.0 Å². The molecule has 0 spiro atoms. The number of carbonyl (C=O) groups is 1. The lowest BCUT2D eigenvalue weighted by Gasteiger charge is -2.27. The third-order valence-electron chi connectivity index (χ3n) is 2.72. The topological polar surface area (TPSA) is 63.1 Å². The van der Waals surface area contributed by atoms with Gasteiger partial charge in [-0.05, 0) is 13.8 Å². The van der Waals surface area contributed by atoms with Crippen molar-refractivity contribution < 1.29 is 4.79 Å². The molecule has 0 atom stereocenters. The highest BCUT2D eigenvalue weighted by molar-refractivity contribution is 5.90. The third-order valence-corrected chi connectivity index (χ3v) is 2.72. The van der Waals surface area contributed by atoms with E-state index in [1.54, 1.807) is 6.33 Å². The van der Waals surface area contributed by atoms with Crippen LogP contribution in [-0.4, -0.2) is 51.8 Å². The highest BCUT2D eigenvalue weighted by atomic mass is 16.2. The second kappa shape index (κ2) is 4.61. The third kappa shape index (κ3) is 2.06. The Labute approximate surface area is 94.6 Å². The first-order valence-electron chi connectivity index (χ1n) is 5.59. The Kier molecular flexibility index (Phi) is 3.19. The fourth-order valence-corrected chi connectivity index (χ4v) is 1.78. The Morgan fingerprint density at radius 2 is 2.12 bits per heavy atom. The molecule has 6 heteroatoms. The van der Waals surface area contributed by atoms with Crippen LogP contribution in [0.2, 0.25) is 0 Å². The smallest absolute Gasteiger partial charge is 0.291 e. The van der Waals surface area contributed by atoms with Crippen molar-refractivity contribution >= 4 is 5.91 Å². The summed E-state index contributed by atoms with van der Waals surface area (Å²) in [5.41, 5.74) is 0. The van der Waals surface area contributed by atoms with E-state index in [9.17, 15) is 4.79 Å². The van der Waals surface area contributed by atoms with Crippen LogP contribution in [0.1, 0.15) is 30.5 Å². The summed E-state index contributed by atoms with van der Waals surface area (Å²) in [4.78, 5) is 14.0. The van der Waals surface area contributed by atoms with Gasteiger partial charge in [0, 0.05) is 32.2 Å². The highest BCUT2D eigenvalue weighted by Gasteiger charge is 2.23. The molecule has 0 unspecified atom stereocenters. The molecule has 1 saturated heterocycles. The van der Waals surface area contributed by atoms with E-state index in [0.29, 0.717) is 5.82 Å². The predicted molar refractivity (Wildman–Crippen MR) is 59.2 cm³/mol. The van der Waals surface area contributed by atoms with Gasteiger partial charge in [0.15, 0.2) is 0 Å². The van der Waals surface area contributed by atoms with Crippen LogP contribution < -0.4 is 5.32 Å². The lowest BCUT2D eigenvalue weighted by atomic mass is 10.3. The molecule has 0 saturated carbocycles. The van der Waals surface area contributed by atoms with Crippen molar-refractivity contribution in [2.75, 3.05) is 26.2 Å². The maximum absolute atomic E-state index is 12.2. The Balaban J connectivity index is 2.16. The molecule has 1 aliphatic heterocycles. The molecule has 2 heterocycles. The number of nitrogens with zero attached hydrogens (tertiary/aromatic N) is 4. The molecule has 0 radical (unpaired) electrons. The molecule has 1 N–H and O–H groups in total. The standard InChI is InChI=1S/C10H17N5O/c1-8(2)15-7-12-13-9(15)10(16)14-5-3-11-4-6-14/h7-8,11H,3-6H2,1-2H3. The van der Waals surface area contributed by atoms with E-state index in [2.05, 4.69) is 15.5 Å². The van der Waals surface area contributed by atoms with Crippen molar-refractivity contribution in [2.45, 2.75) is 19.9 Å². The Bertz CT molecular complexity index is 367. The summed E-state index contributed by atoms with van der Waals surface area (Å²) in [7, 11) is 0. The van der Waals surface area contributed by atoms with Crippen LogP contribution in [0, 0.1) is 0 Å². The predicted octanol–water partition coefficient (Wildman–Crippen LogP) is -0.0956. The first kappa shape index (κ1) is 11.1. The van der Waals surface area contributed by atoms with Gasteiger partial charge in [-0.1, -0.05) is 0 Å². The zero-order valence-corrected chi connectivity index (χ0v) is 9.68.